The first-order chi connectivity index (χ1) is 7.13. The largest absolute Gasteiger partial charge is 0.460 e. The summed E-state index contributed by atoms with van der Waals surface area (Å²) < 4.78 is 5.84. The molecule has 0 bridgehead atoms. The predicted molar refractivity (Wildman–Crippen MR) is 59.0 cm³/mol. The standard InChI is InChI=1S/C10H12BrNO3/c11-8-3-1-7(2-4-8)6-15-10(14)9(12)5-13/h1-4,9,13H,5-6,12H2/t9-/m1/s1. The fourth-order valence-electron chi connectivity index (χ4n) is 0.917. The number of hydrogen-bond donors (Lipinski definition) is 2. The number of ether oxygens (including phenoxy) is 1. The van der Waals surface area contributed by atoms with Gasteiger partial charge in [0.15, 0.2) is 0 Å². The molecule has 1 aromatic rings. The summed E-state index contributed by atoms with van der Waals surface area (Å²) in [5.74, 6) is -0.597. The molecule has 0 aliphatic rings. The molecule has 0 aliphatic heterocycles. The second kappa shape index (κ2) is 5.85. The number of carbonyl (C=O) groups excluding carboxylic acids is 1. The van der Waals surface area contributed by atoms with Gasteiger partial charge in [-0.2, -0.15) is 0 Å². The number of hydrogen-bond acceptors (Lipinski definition) is 4. The van der Waals surface area contributed by atoms with E-state index in [2.05, 4.69) is 15.9 Å². The van der Waals surface area contributed by atoms with Crippen LogP contribution in [-0.4, -0.2) is 23.7 Å². The molecule has 0 saturated heterocycles. The van der Waals surface area contributed by atoms with E-state index in [1.807, 2.05) is 24.3 Å². The molecule has 0 spiro atoms. The van der Waals surface area contributed by atoms with Crippen molar-refractivity contribution >= 4 is 21.9 Å². The van der Waals surface area contributed by atoms with Crippen molar-refractivity contribution in [2.75, 3.05) is 6.61 Å². The van der Waals surface area contributed by atoms with Crippen LogP contribution in [0.5, 0.6) is 0 Å². The van der Waals surface area contributed by atoms with Crippen molar-refractivity contribution in [1.82, 2.24) is 0 Å². The quantitative estimate of drug-likeness (QED) is 0.797. The lowest BCUT2D eigenvalue weighted by Gasteiger charge is -2.08. The molecule has 1 atom stereocenters. The van der Waals surface area contributed by atoms with Crippen molar-refractivity contribution in [3.63, 3.8) is 0 Å². The number of halogens is 1. The summed E-state index contributed by atoms with van der Waals surface area (Å²) in [4.78, 5) is 11.1. The van der Waals surface area contributed by atoms with Crippen molar-refractivity contribution in [3.8, 4) is 0 Å². The van der Waals surface area contributed by atoms with Crippen LogP contribution >= 0.6 is 15.9 Å². The molecule has 0 aromatic heterocycles. The van der Waals surface area contributed by atoms with E-state index in [0.29, 0.717) is 0 Å². The van der Waals surface area contributed by atoms with Crippen molar-refractivity contribution in [2.24, 2.45) is 5.73 Å². The molecule has 5 heteroatoms. The molecule has 4 nitrogen and oxygen atoms in total. The van der Waals surface area contributed by atoms with Gasteiger partial charge in [0.05, 0.1) is 6.61 Å². The maximum absolute atomic E-state index is 11.1. The topological polar surface area (TPSA) is 72.5 Å². The van der Waals surface area contributed by atoms with E-state index in [1.165, 1.54) is 0 Å². The lowest BCUT2D eigenvalue weighted by molar-refractivity contribution is -0.147. The van der Waals surface area contributed by atoms with Gasteiger partial charge in [0.25, 0.3) is 0 Å². The normalized spacial score (nSPS) is 12.2. The van der Waals surface area contributed by atoms with E-state index in [0.717, 1.165) is 10.0 Å². The molecule has 1 aromatic carbocycles. The Morgan fingerprint density at radius 1 is 1.47 bits per heavy atom. The summed E-state index contributed by atoms with van der Waals surface area (Å²) in [7, 11) is 0. The van der Waals surface area contributed by atoms with E-state index >= 15 is 0 Å². The number of rotatable bonds is 4. The SMILES string of the molecule is N[C@H](CO)C(=O)OCc1ccc(Br)cc1. The van der Waals surface area contributed by atoms with Crippen LogP contribution < -0.4 is 5.73 Å². The third kappa shape index (κ3) is 3.99. The molecular formula is C10H12BrNO3. The minimum absolute atomic E-state index is 0.166. The summed E-state index contributed by atoms with van der Waals surface area (Å²) in [5, 5.41) is 8.61. The molecule has 0 radical (unpaired) electrons. The van der Waals surface area contributed by atoms with Crippen molar-refractivity contribution < 1.29 is 14.6 Å². The summed E-state index contributed by atoms with van der Waals surface area (Å²) >= 11 is 3.30. The second-order valence-electron chi connectivity index (χ2n) is 3.02. The third-order valence-corrected chi connectivity index (χ3v) is 2.32. The summed E-state index contributed by atoms with van der Waals surface area (Å²) in [6, 6.07) is 6.42. The number of carbonyl (C=O) groups is 1. The fraction of sp³-hybridized carbons (Fsp3) is 0.300. The first-order valence-corrected chi connectivity index (χ1v) is 5.20. The van der Waals surface area contributed by atoms with Crippen molar-refractivity contribution in [2.45, 2.75) is 12.6 Å². The summed E-state index contributed by atoms with van der Waals surface area (Å²) in [6.45, 7) is -0.237. The minimum Gasteiger partial charge on any atom is -0.460 e. The van der Waals surface area contributed by atoms with Crippen LogP contribution in [0.4, 0.5) is 0 Å². The Kier molecular flexibility index (Phi) is 4.74. The predicted octanol–water partition coefficient (Wildman–Crippen LogP) is 0.812. The average molecular weight is 274 g/mol. The second-order valence-corrected chi connectivity index (χ2v) is 3.94. The third-order valence-electron chi connectivity index (χ3n) is 1.79. The van der Waals surface area contributed by atoms with Gasteiger partial charge in [-0.15, -0.1) is 0 Å². The van der Waals surface area contributed by atoms with E-state index in [9.17, 15) is 4.79 Å². The van der Waals surface area contributed by atoms with Gasteiger partial charge < -0.3 is 15.6 Å². The van der Waals surface area contributed by atoms with Gasteiger partial charge in [-0.05, 0) is 17.7 Å². The van der Waals surface area contributed by atoms with Crippen LogP contribution in [0, 0.1) is 0 Å². The van der Waals surface area contributed by atoms with E-state index in [-0.39, 0.29) is 6.61 Å². The summed E-state index contributed by atoms with van der Waals surface area (Å²) in [5.41, 5.74) is 6.14. The molecule has 0 heterocycles. The van der Waals surface area contributed by atoms with Gasteiger partial charge in [0, 0.05) is 4.47 Å². The molecule has 3 N–H and O–H groups in total. The first kappa shape index (κ1) is 12.2. The highest BCUT2D eigenvalue weighted by atomic mass is 79.9. The van der Waals surface area contributed by atoms with Gasteiger partial charge in [0.1, 0.15) is 12.6 Å². The maximum atomic E-state index is 11.1. The molecule has 0 saturated carbocycles. The number of esters is 1. The molecule has 0 unspecified atom stereocenters. The van der Waals surface area contributed by atoms with Gasteiger partial charge >= 0.3 is 5.97 Å². The van der Waals surface area contributed by atoms with Gasteiger partial charge in [-0.25, -0.2) is 0 Å². The van der Waals surface area contributed by atoms with Crippen LogP contribution in [-0.2, 0) is 16.1 Å². The lowest BCUT2D eigenvalue weighted by atomic mass is 10.2. The zero-order valence-electron chi connectivity index (χ0n) is 8.02. The Bertz CT molecular complexity index is 326. The molecule has 0 amide bonds. The summed E-state index contributed by atoms with van der Waals surface area (Å²) in [6.07, 6.45) is 0. The minimum atomic E-state index is -0.958. The Hall–Kier alpha value is -0.910. The Labute approximate surface area is 96.2 Å². The zero-order chi connectivity index (χ0) is 11.3. The zero-order valence-corrected chi connectivity index (χ0v) is 9.61. The van der Waals surface area contributed by atoms with Crippen LogP contribution in [0.25, 0.3) is 0 Å². The van der Waals surface area contributed by atoms with Gasteiger partial charge in [-0.1, -0.05) is 28.1 Å². The lowest BCUT2D eigenvalue weighted by Crippen LogP contribution is -2.35. The number of aliphatic hydroxyl groups is 1. The monoisotopic (exact) mass is 273 g/mol. The molecule has 0 aliphatic carbocycles. The molecule has 82 valence electrons. The smallest absolute Gasteiger partial charge is 0.325 e. The van der Waals surface area contributed by atoms with Gasteiger partial charge in [0.2, 0.25) is 0 Å². The van der Waals surface area contributed by atoms with Gasteiger partial charge in [-0.3, -0.25) is 4.79 Å². The molecular weight excluding hydrogens is 262 g/mol. The van der Waals surface area contributed by atoms with Crippen LogP contribution in [0.15, 0.2) is 28.7 Å². The van der Waals surface area contributed by atoms with E-state index in [1.54, 1.807) is 0 Å². The van der Waals surface area contributed by atoms with Crippen LogP contribution in [0.2, 0.25) is 0 Å². The Balaban J connectivity index is 2.43. The fourth-order valence-corrected chi connectivity index (χ4v) is 1.18. The number of aliphatic hydroxyl groups excluding tert-OH is 1. The van der Waals surface area contributed by atoms with Crippen molar-refractivity contribution in [3.05, 3.63) is 34.3 Å². The molecule has 0 fully saturated rings. The van der Waals surface area contributed by atoms with E-state index in [4.69, 9.17) is 15.6 Å². The first-order valence-electron chi connectivity index (χ1n) is 4.41. The molecule has 1 rings (SSSR count). The Morgan fingerprint density at radius 2 is 2.07 bits per heavy atom. The highest BCUT2D eigenvalue weighted by Gasteiger charge is 2.13. The van der Waals surface area contributed by atoms with Crippen LogP contribution in [0.3, 0.4) is 0 Å². The number of benzene rings is 1. The highest BCUT2D eigenvalue weighted by molar-refractivity contribution is 9.10. The highest BCUT2D eigenvalue weighted by Crippen LogP contribution is 2.11. The maximum Gasteiger partial charge on any atom is 0.325 e. The Morgan fingerprint density at radius 3 is 2.60 bits per heavy atom. The average Bonchev–Trinajstić information content (AvgIpc) is 2.26. The van der Waals surface area contributed by atoms with Crippen molar-refractivity contribution in [1.29, 1.82) is 0 Å². The molecule has 15 heavy (non-hydrogen) atoms. The van der Waals surface area contributed by atoms with Crippen LogP contribution in [0.1, 0.15) is 5.56 Å². The number of nitrogens with two attached hydrogens (primary N) is 1. The van der Waals surface area contributed by atoms with E-state index < -0.39 is 18.6 Å².